The molecule has 3 unspecified atom stereocenters. The van der Waals surface area contributed by atoms with Crippen LogP contribution in [-0.2, 0) is 4.79 Å². The molecule has 18 heavy (non-hydrogen) atoms. The number of carbonyl (C=O) groups is 1. The molecule has 0 aliphatic carbocycles. The van der Waals surface area contributed by atoms with E-state index in [-0.39, 0.29) is 11.2 Å². The van der Waals surface area contributed by atoms with Crippen molar-refractivity contribution < 1.29 is 9.90 Å². The number of benzene rings is 1. The molecule has 0 radical (unpaired) electrons. The van der Waals surface area contributed by atoms with E-state index in [1.165, 1.54) is 5.56 Å². The van der Waals surface area contributed by atoms with E-state index in [2.05, 4.69) is 17.4 Å². The smallest absolute Gasteiger partial charge is 0.321 e. The van der Waals surface area contributed by atoms with E-state index in [9.17, 15) is 4.79 Å². The summed E-state index contributed by atoms with van der Waals surface area (Å²) in [7, 11) is 0. The Morgan fingerprint density at radius 2 is 2.28 bits per heavy atom. The summed E-state index contributed by atoms with van der Waals surface area (Å²) >= 11 is 1.69. The molecule has 0 amide bonds. The summed E-state index contributed by atoms with van der Waals surface area (Å²) in [4.78, 5) is 11.1. The van der Waals surface area contributed by atoms with Crippen LogP contribution in [0.4, 0.5) is 5.69 Å². The molecule has 2 aliphatic rings. The third kappa shape index (κ3) is 1.78. The summed E-state index contributed by atoms with van der Waals surface area (Å²) in [6, 6.07) is 7.69. The van der Waals surface area contributed by atoms with Gasteiger partial charge in [-0.1, -0.05) is 18.2 Å². The van der Waals surface area contributed by atoms with Gasteiger partial charge >= 0.3 is 5.97 Å². The second-order valence-corrected chi connectivity index (χ2v) is 6.14. The average Bonchev–Trinajstić information content (AvgIpc) is 2.76. The standard InChI is InChI=1S/C13H16N2O2S/c14-11(13(16)17)12-10-7-3-1-2-4-8(7)15-9(10)5-6-18-12/h1-4,9-12,15H,5-6,14H2,(H,16,17)/t9?,10?,11-,12?/m0/s1. The summed E-state index contributed by atoms with van der Waals surface area (Å²) in [6.45, 7) is 0. The third-order valence-corrected chi connectivity index (χ3v) is 5.27. The molecule has 0 saturated carbocycles. The van der Waals surface area contributed by atoms with E-state index in [1.54, 1.807) is 11.8 Å². The van der Waals surface area contributed by atoms with Crippen molar-refractivity contribution in [3.05, 3.63) is 29.8 Å². The Kier molecular flexibility index (Phi) is 2.95. The summed E-state index contributed by atoms with van der Waals surface area (Å²) in [5.41, 5.74) is 8.21. The lowest BCUT2D eigenvalue weighted by molar-refractivity contribution is -0.138. The number of carboxylic acids is 1. The van der Waals surface area contributed by atoms with Crippen molar-refractivity contribution in [3.63, 3.8) is 0 Å². The molecule has 1 fully saturated rings. The number of para-hydroxylation sites is 1. The van der Waals surface area contributed by atoms with E-state index >= 15 is 0 Å². The van der Waals surface area contributed by atoms with Crippen molar-refractivity contribution >= 4 is 23.4 Å². The van der Waals surface area contributed by atoms with Crippen LogP contribution in [0.2, 0.25) is 0 Å². The van der Waals surface area contributed by atoms with Crippen molar-refractivity contribution in [2.24, 2.45) is 5.73 Å². The zero-order valence-electron chi connectivity index (χ0n) is 9.87. The molecule has 4 nitrogen and oxygen atoms in total. The Labute approximate surface area is 110 Å². The Balaban J connectivity index is 1.96. The number of hydrogen-bond donors (Lipinski definition) is 3. The molecule has 1 aromatic rings. The minimum atomic E-state index is -0.905. The van der Waals surface area contributed by atoms with Crippen molar-refractivity contribution in [2.75, 3.05) is 11.1 Å². The fraction of sp³-hybridized carbons (Fsp3) is 0.462. The minimum Gasteiger partial charge on any atom is -0.480 e. The quantitative estimate of drug-likeness (QED) is 0.754. The maximum atomic E-state index is 11.1. The van der Waals surface area contributed by atoms with Gasteiger partial charge in [-0.15, -0.1) is 0 Å². The van der Waals surface area contributed by atoms with Crippen molar-refractivity contribution in [1.29, 1.82) is 0 Å². The Hall–Kier alpha value is -1.20. The topological polar surface area (TPSA) is 75.4 Å². The van der Waals surface area contributed by atoms with Crippen LogP contribution in [0.1, 0.15) is 17.9 Å². The summed E-state index contributed by atoms with van der Waals surface area (Å²) in [6.07, 6.45) is 1.06. The molecule has 3 rings (SSSR count). The molecule has 2 heterocycles. The van der Waals surface area contributed by atoms with Gasteiger partial charge < -0.3 is 16.2 Å². The van der Waals surface area contributed by atoms with E-state index in [4.69, 9.17) is 10.8 Å². The fourth-order valence-corrected chi connectivity index (χ4v) is 4.51. The number of rotatable bonds is 2. The van der Waals surface area contributed by atoms with Crippen LogP contribution in [0, 0.1) is 0 Å². The summed E-state index contributed by atoms with van der Waals surface area (Å²) in [5, 5.41) is 12.6. The first-order valence-corrected chi connectivity index (χ1v) is 7.19. The fourth-order valence-electron chi connectivity index (χ4n) is 2.99. The monoisotopic (exact) mass is 264 g/mol. The van der Waals surface area contributed by atoms with Gasteiger partial charge in [0.1, 0.15) is 6.04 Å². The number of nitrogens with one attached hydrogen (secondary N) is 1. The maximum absolute atomic E-state index is 11.1. The van der Waals surface area contributed by atoms with Gasteiger partial charge in [0.05, 0.1) is 0 Å². The Morgan fingerprint density at radius 1 is 1.50 bits per heavy atom. The first-order chi connectivity index (χ1) is 8.68. The first kappa shape index (κ1) is 11.9. The number of nitrogens with two attached hydrogens (primary N) is 1. The lowest BCUT2D eigenvalue weighted by Gasteiger charge is -2.35. The van der Waals surface area contributed by atoms with Crippen LogP contribution in [0.25, 0.3) is 0 Å². The molecule has 4 N–H and O–H groups in total. The second-order valence-electron chi connectivity index (χ2n) is 4.85. The van der Waals surface area contributed by atoms with Crippen molar-refractivity contribution in [2.45, 2.75) is 29.7 Å². The zero-order valence-corrected chi connectivity index (χ0v) is 10.7. The lowest BCUT2D eigenvalue weighted by atomic mass is 9.86. The third-order valence-electron chi connectivity index (χ3n) is 3.83. The van der Waals surface area contributed by atoms with Crippen LogP contribution < -0.4 is 11.1 Å². The van der Waals surface area contributed by atoms with Gasteiger partial charge in [0.2, 0.25) is 0 Å². The van der Waals surface area contributed by atoms with Gasteiger partial charge in [-0.3, -0.25) is 4.79 Å². The number of aliphatic carboxylic acids is 1. The minimum absolute atomic E-state index is 0.0441. The number of thioether (sulfide) groups is 1. The molecule has 2 aliphatic heterocycles. The van der Waals surface area contributed by atoms with E-state index in [0.717, 1.165) is 17.9 Å². The number of anilines is 1. The first-order valence-electron chi connectivity index (χ1n) is 6.14. The van der Waals surface area contributed by atoms with Crippen LogP contribution in [0.15, 0.2) is 24.3 Å². The predicted molar refractivity (Wildman–Crippen MR) is 73.1 cm³/mol. The van der Waals surface area contributed by atoms with Crippen LogP contribution in [-0.4, -0.2) is 34.2 Å². The largest absolute Gasteiger partial charge is 0.480 e. The van der Waals surface area contributed by atoms with E-state index in [1.807, 2.05) is 12.1 Å². The zero-order chi connectivity index (χ0) is 12.7. The van der Waals surface area contributed by atoms with E-state index in [0.29, 0.717) is 6.04 Å². The number of hydrogen-bond acceptors (Lipinski definition) is 4. The lowest BCUT2D eigenvalue weighted by Crippen LogP contribution is -2.48. The molecule has 1 aromatic carbocycles. The molecule has 0 aromatic heterocycles. The molecule has 96 valence electrons. The number of carboxylic acid groups (broad SMARTS) is 1. The average molecular weight is 264 g/mol. The predicted octanol–water partition coefficient (Wildman–Crippen LogP) is 1.48. The number of fused-ring (bicyclic) bond motifs is 3. The van der Waals surface area contributed by atoms with Crippen LogP contribution in [0.3, 0.4) is 0 Å². The molecule has 1 saturated heterocycles. The Morgan fingerprint density at radius 3 is 3.06 bits per heavy atom. The van der Waals surface area contributed by atoms with Crippen LogP contribution in [0.5, 0.6) is 0 Å². The highest BCUT2D eigenvalue weighted by atomic mass is 32.2. The second kappa shape index (κ2) is 4.48. The van der Waals surface area contributed by atoms with Crippen LogP contribution >= 0.6 is 11.8 Å². The van der Waals surface area contributed by atoms with Gasteiger partial charge in [0.15, 0.2) is 0 Å². The Bertz CT molecular complexity index is 480. The van der Waals surface area contributed by atoms with Crippen molar-refractivity contribution in [1.82, 2.24) is 0 Å². The molecular weight excluding hydrogens is 248 g/mol. The van der Waals surface area contributed by atoms with Gasteiger partial charge in [-0.2, -0.15) is 11.8 Å². The molecular formula is C13H16N2O2S. The molecule has 0 bridgehead atoms. The summed E-state index contributed by atoms with van der Waals surface area (Å²) in [5.74, 6) is 0.275. The highest BCUT2D eigenvalue weighted by Crippen LogP contribution is 2.47. The van der Waals surface area contributed by atoms with Crippen molar-refractivity contribution in [3.8, 4) is 0 Å². The van der Waals surface area contributed by atoms with E-state index < -0.39 is 12.0 Å². The highest BCUT2D eigenvalue weighted by molar-refractivity contribution is 8.00. The van der Waals surface area contributed by atoms with Gasteiger partial charge in [0.25, 0.3) is 0 Å². The SMILES string of the molecule is N[C@H](C(=O)O)C1SCCC2Nc3ccccc3C21. The maximum Gasteiger partial charge on any atom is 0.321 e. The van der Waals surface area contributed by atoms with Gasteiger partial charge in [-0.05, 0) is 23.8 Å². The molecule has 4 atom stereocenters. The molecule has 5 heteroatoms. The molecule has 0 spiro atoms. The van der Waals surface area contributed by atoms with Gasteiger partial charge in [-0.25, -0.2) is 0 Å². The normalized spacial score (nSPS) is 31.1. The highest BCUT2D eigenvalue weighted by Gasteiger charge is 2.44. The summed E-state index contributed by atoms with van der Waals surface area (Å²) < 4.78 is 0. The van der Waals surface area contributed by atoms with Gasteiger partial charge in [0, 0.05) is 22.9 Å².